The molecule has 0 aromatic rings. The second kappa shape index (κ2) is 8.57. The van der Waals surface area contributed by atoms with Crippen LogP contribution in [0.4, 0.5) is 0 Å². The zero-order chi connectivity index (χ0) is 14.3. The number of nitrogens with one attached hydrogen (secondary N) is 1. The molecule has 19 heavy (non-hydrogen) atoms. The van der Waals surface area contributed by atoms with Crippen molar-refractivity contribution in [3.8, 4) is 0 Å². The monoisotopic (exact) mass is 268 g/mol. The molecule has 0 aromatic carbocycles. The molecule has 1 rings (SSSR count). The highest BCUT2D eigenvalue weighted by Gasteiger charge is 2.33. The Kier molecular flexibility index (Phi) is 7.44. The minimum absolute atomic E-state index is 0.0322. The fourth-order valence-corrected chi connectivity index (χ4v) is 3.14. The van der Waals surface area contributed by atoms with Gasteiger partial charge in [0.2, 0.25) is 5.91 Å². The van der Waals surface area contributed by atoms with E-state index < -0.39 is 0 Å². The van der Waals surface area contributed by atoms with Crippen molar-refractivity contribution in [1.82, 2.24) is 5.32 Å². The van der Waals surface area contributed by atoms with E-state index in [0.717, 1.165) is 32.1 Å². The van der Waals surface area contributed by atoms with Crippen molar-refractivity contribution in [2.24, 2.45) is 17.6 Å². The topological polar surface area (TPSA) is 55.1 Å². The predicted octanol–water partition coefficient (Wildman–Crippen LogP) is 3.23. The van der Waals surface area contributed by atoms with Crippen LogP contribution >= 0.6 is 0 Å². The molecule has 0 bridgehead atoms. The van der Waals surface area contributed by atoms with Crippen molar-refractivity contribution in [2.45, 2.75) is 84.2 Å². The van der Waals surface area contributed by atoms with Crippen molar-refractivity contribution in [1.29, 1.82) is 0 Å². The standard InChI is InChI=1S/C16H32N2O/c1-4-6-10-13(8-5-2)18-16(19)14-11-7-9-12(3)15(14)17/h12-15H,4-11,17H2,1-3H3,(H,18,19). The first-order chi connectivity index (χ1) is 9.10. The lowest BCUT2D eigenvalue weighted by Gasteiger charge is -2.34. The molecule has 0 radical (unpaired) electrons. The van der Waals surface area contributed by atoms with Gasteiger partial charge in [-0.1, -0.05) is 46.5 Å². The van der Waals surface area contributed by atoms with Crippen LogP contribution in [0.25, 0.3) is 0 Å². The molecule has 3 heteroatoms. The van der Waals surface area contributed by atoms with E-state index in [1.54, 1.807) is 0 Å². The van der Waals surface area contributed by atoms with Crippen LogP contribution in [0.2, 0.25) is 0 Å². The zero-order valence-electron chi connectivity index (χ0n) is 13.0. The lowest BCUT2D eigenvalue weighted by Crippen LogP contribution is -2.49. The van der Waals surface area contributed by atoms with E-state index >= 15 is 0 Å². The average Bonchev–Trinajstić information content (AvgIpc) is 2.39. The summed E-state index contributed by atoms with van der Waals surface area (Å²) in [5, 5.41) is 3.25. The SMILES string of the molecule is CCCCC(CCC)NC(=O)C1CCCC(C)C1N. The fraction of sp³-hybridized carbons (Fsp3) is 0.938. The number of carbonyl (C=O) groups is 1. The Morgan fingerprint density at radius 3 is 2.63 bits per heavy atom. The molecule has 0 saturated heterocycles. The van der Waals surface area contributed by atoms with E-state index in [4.69, 9.17) is 5.73 Å². The first-order valence-electron chi connectivity index (χ1n) is 8.16. The smallest absolute Gasteiger partial charge is 0.224 e. The number of amides is 1. The predicted molar refractivity (Wildman–Crippen MR) is 80.8 cm³/mol. The van der Waals surface area contributed by atoms with Crippen LogP contribution in [0.1, 0.15) is 72.1 Å². The van der Waals surface area contributed by atoms with Crippen LogP contribution < -0.4 is 11.1 Å². The van der Waals surface area contributed by atoms with Crippen molar-refractivity contribution in [3.05, 3.63) is 0 Å². The molecular weight excluding hydrogens is 236 g/mol. The maximum absolute atomic E-state index is 12.4. The zero-order valence-corrected chi connectivity index (χ0v) is 13.0. The van der Waals surface area contributed by atoms with Gasteiger partial charge >= 0.3 is 0 Å². The Balaban J connectivity index is 2.50. The normalized spacial score (nSPS) is 28.9. The number of carbonyl (C=O) groups excluding carboxylic acids is 1. The van der Waals surface area contributed by atoms with E-state index in [1.807, 2.05) is 0 Å². The molecule has 1 aliphatic rings. The Morgan fingerprint density at radius 2 is 2.00 bits per heavy atom. The van der Waals surface area contributed by atoms with Gasteiger partial charge in [0, 0.05) is 12.1 Å². The second-order valence-electron chi connectivity index (χ2n) is 6.23. The van der Waals surface area contributed by atoms with Gasteiger partial charge in [-0.3, -0.25) is 4.79 Å². The molecule has 3 N–H and O–H groups in total. The van der Waals surface area contributed by atoms with Crippen LogP contribution in [-0.4, -0.2) is 18.0 Å². The maximum Gasteiger partial charge on any atom is 0.224 e. The highest BCUT2D eigenvalue weighted by molar-refractivity contribution is 5.79. The van der Waals surface area contributed by atoms with E-state index in [0.29, 0.717) is 12.0 Å². The number of rotatable bonds is 7. The minimum Gasteiger partial charge on any atom is -0.353 e. The Morgan fingerprint density at radius 1 is 1.26 bits per heavy atom. The van der Waals surface area contributed by atoms with Crippen molar-refractivity contribution in [2.75, 3.05) is 0 Å². The van der Waals surface area contributed by atoms with Gasteiger partial charge in [0.15, 0.2) is 0 Å². The van der Waals surface area contributed by atoms with Gasteiger partial charge < -0.3 is 11.1 Å². The maximum atomic E-state index is 12.4. The van der Waals surface area contributed by atoms with Crippen LogP contribution in [-0.2, 0) is 4.79 Å². The quantitative estimate of drug-likeness (QED) is 0.745. The van der Waals surface area contributed by atoms with Crippen LogP contribution in [0.5, 0.6) is 0 Å². The molecular formula is C16H32N2O. The summed E-state index contributed by atoms with van der Waals surface area (Å²) in [6.07, 6.45) is 8.97. The largest absolute Gasteiger partial charge is 0.353 e. The lowest BCUT2D eigenvalue weighted by molar-refractivity contribution is -0.127. The van der Waals surface area contributed by atoms with Crippen molar-refractivity contribution >= 4 is 5.91 Å². The number of hydrogen-bond acceptors (Lipinski definition) is 2. The molecule has 1 amide bonds. The summed E-state index contributed by atoms with van der Waals surface area (Å²) in [6.45, 7) is 6.55. The average molecular weight is 268 g/mol. The number of nitrogens with two attached hydrogens (primary N) is 1. The van der Waals surface area contributed by atoms with E-state index in [1.165, 1.54) is 19.3 Å². The van der Waals surface area contributed by atoms with E-state index in [9.17, 15) is 4.79 Å². The molecule has 3 nitrogen and oxygen atoms in total. The number of unbranched alkanes of at least 4 members (excludes halogenated alkanes) is 1. The van der Waals surface area contributed by atoms with Gasteiger partial charge in [-0.15, -0.1) is 0 Å². The molecule has 0 aliphatic heterocycles. The molecule has 0 heterocycles. The summed E-state index contributed by atoms with van der Waals surface area (Å²) in [4.78, 5) is 12.4. The highest BCUT2D eigenvalue weighted by atomic mass is 16.2. The Bertz CT molecular complexity index is 267. The van der Waals surface area contributed by atoms with Gasteiger partial charge in [0.05, 0.1) is 5.92 Å². The summed E-state index contributed by atoms with van der Waals surface area (Å²) in [6, 6.07) is 0.393. The van der Waals surface area contributed by atoms with E-state index in [2.05, 4.69) is 26.1 Å². The molecule has 0 aromatic heterocycles. The summed E-state index contributed by atoms with van der Waals surface area (Å²) in [5.41, 5.74) is 6.21. The minimum atomic E-state index is 0.0322. The summed E-state index contributed by atoms with van der Waals surface area (Å²) >= 11 is 0. The van der Waals surface area contributed by atoms with Gasteiger partial charge in [-0.2, -0.15) is 0 Å². The molecule has 4 unspecified atom stereocenters. The first kappa shape index (κ1) is 16.5. The third kappa shape index (κ3) is 5.13. The summed E-state index contributed by atoms with van der Waals surface area (Å²) in [5.74, 6) is 0.711. The summed E-state index contributed by atoms with van der Waals surface area (Å²) < 4.78 is 0. The second-order valence-corrected chi connectivity index (χ2v) is 6.23. The summed E-state index contributed by atoms with van der Waals surface area (Å²) in [7, 11) is 0. The van der Waals surface area contributed by atoms with Gasteiger partial charge in [-0.25, -0.2) is 0 Å². The van der Waals surface area contributed by atoms with Crippen molar-refractivity contribution < 1.29 is 4.79 Å². The lowest BCUT2D eigenvalue weighted by atomic mass is 9.77. The fourth-order valence-electron chi connectivity index (χ4n) is 3.14. The highest BCUT2D eigenvalue weighted by Crippen LogP contribution is 2.28. The van der Waals surface area contributed by atoms with Crippen LogP contribution in [0.3, 0.4) is 0 Å². The Hall–Kier alpha value is -0.570. The van der Waals surface area contributed by atoms with Crippen LogP contribution in [0, 0.1) is 11.8 Å². The van der Waals surface area contributed by atoms with Gasteiger partial charge in [0.25, 0.3) is 0 Å². The van der Waals surface area contributed by atoms with Crippen LogP contribution in [0.15, 0.2) is 0 Å². The van der Waals surface area contributed by atoms with Crippen molar-refractivity contribution in [3.63, 3.8) is 0 Å². The Labute approximate surface area is 118 Å². The first-order valence-corrected chi connectivity index (χ1v) is 8.16. The molecule has 112 valence electrons. The third-order valence-electron chi connectivity index (χ3n) is 4.52. The molecule has 0 spiro atoms. The molecule has 1 fully saturated rings. The molecule has 1 saturated carbocycles. The van der Waals surface area contributed by atoms with E-state index in [-0.39, 0.29) is 17.9 Å². The molecule has 4 atom stereocenters. The third-order valence-corrected chi connectivity index (χ3v) is 4.52. The molecule has 1 aliphatic carbocycles. The van der Waals surface area contributed by atoms with Gasteiger partial charge in [0.1, 0.15) is 0 Å². The number of hydrogen-bond donors (Lipinski definition) is 2. The van der Waals surface area contributed by atoms with Gasteiger partial charge in [-0.05, 0) is 31.6 Å².